The molecule has 0 aliphatic carbocycles. The van der Waals surface area contributed by atoms with Gasteiger partial charge in [-0.25, -0.2) is 8.42 Å². The molecule has 0 fully saturated rings. The van der Waals surface area contributed by atoms with Crippen LogP contribution in [0.4, 0.5) is 5.69 Å². The van der Waals surface area contributed by atoms with Crippen LogP contribution in [-0.4, -0.2) is 57.1 Å². The highest BCUT2D eigenvalue weighted by molar-refractivity contribution is 7.92. The maximum atomic E-state index is 13.5. The summed E-state index contributed by atoms with van der Waals surface area (Å²) in [5.74, 6) is -0.119. The molecule has 1 unspecified atom stereocenters. The van der Waals surface area contributed by atoms with E-state index >= 15 is 0 Å². The van der Waals surface area contributed by atoms with Crippen LogP contribution in [0.15, 0.2) is 42.5 Å². The van der Waals surface area contributed by atoms with E-state index in [2.05, 4.69) is 5.32 Å². The number of ether oxygens (including phenoxy) is 1. The van der Waals surface area contributed by atoms with E-state index in [1.807, 2.05) is 45.9 Å². The fourth-order valence-corrected chi connectivity index (χ4v) is 4.46. The molecule has 2 aromatic rings. The maximum Gasteiger partial charge on any atom is 0.244 e. The Morgan fingerprint density at radius 2 is 1.56 bits per heavy atom. The number of hydrogen-bond donors (Lipinski definition) is 1. The molecule has 186 valence electrons. The van der Waals surface area contributed by atoms with E-state index in [9.17, 15) is 18.0 Å². The van der Waals surface area contributed by atoms with Crippen LogP contribution in [0.5, 0.6) is 5.75 Å². The first-order valence-corrected chi connectivity index (χ1v) is 13.0. The van der Waals surface area contributed by atoms with E-state index in [1.54, 1.807) is 38.3 Å². The first kappa shape index (κ1) is 27.2. The monoisotopic (exact) mass is 489 g/mol. The number of rotatable bonds is 10. The van der Waals surface area contributed by atoms with Crippen molar-refractivity contribution < 1.29 is 22.7 Å². The third-order valence-electron chi connectivity index (χ3n) is 5.28. The zero-order chi connectivity index (χ0) is 25.6. The van der Waals surface area contributed by atoms with Crippen LogP contribution >= 0.6 is 0 Å². The molecule has 1 N–H and O–H groups in total. The Labute approximate surface area is 202 Å². The first-order valence-electron chi connectivity index (χ1n) is 11.1. The normalized spacial score (nSPS) is 12.2. The topological polar surface area (TPSA) is 96.0 Å². The summed E-state index contributed by atoms with van der Waals surface area (Å²) in [6.45, 7) is 8.77. The summed E-state index contributed by atoms with van der Waals surface area (Å²) in [4.78, 5) is 27.7. The molecule has 8 nitrogen and oxygen atoms in total. The molecule has 0 radical (unpaired) electrons. The van der Waals surface area contributed by atoms with Gasteiger partial charge in [0.25, 0.3) is 0 Å². The molecule has 0 saturated heterocycles. The largest absolute Gasteiger partial charge is 0.497 e. The van der Waals surface area contributed by atoms with Crippen LogP contribution in [0.25, 0.3) is 0 Å². The second-order valence-electron chi connectivity index (χ2n) is 8.82. The first-order chi connectivity index (χ1) is 15.8. The summed E-state index contributed by atoms with van der Waals surface area (Å²) in [6, 6.07) is 11.6. The van der Waals surface area contributed by atoms with Crippen molar-refractivity contribution in [1.82, 2.24) is 10.2 Å². The van der Waals surface area contributed by atoms with E-state index in [0.717, 1.165) is 27.3 Å². The Morgan fingerprint density at radius 1 is 1.00 bits per heavy atom. The standard InChI is InChI=1S/C25H35N3O5S/c1-17(2)26-25(30)20(5)27(15-21-8-10-23(33-6)11-9-21)24(29)16-28(34(7,31)32)22-13-18(3)12-19(4)14-22/h8-14,17,20H,15-16H2,1-7H3,(H,26,30). The number of carbonyl (C=O) groups is 2. The van der Waals surface area contributed by atoms with E-state index in [-0.39, 0.29) is 18.5 Å². The average Bonchev–Trinajstić information content (AvgIpc) is 2.73. The van der Waals surface area contributed by atoms with E-state index in [1.165, 1.54) is 4.90 Å². The fourth-order valence-electron chi connectivity index (χ4n) is 3.62. The molecule has 0 aliphatic heterocycles. The van der Waals surface area contributed by atoms with Crippen LogP contribution in [-0.2, 0) is 26.2 Å². The molecule has 9 heteroatoms. The molecule has 1 atom stereocenters. The highest BCUT2D eigenvalue weighted by atomic mass is 32.2. The van der Waals surface area contributed by atoms with Crippen molar-refractivity contribution in [2.75, 3.05) is 24.2 Å². The predicted octanol–water partition coefficient (Wildman–Crippen LogP) is 3.02. The minimum absolute atomic E-state index is 0.101. The van der Waals surface area contributed by atoms with Gasteiger partial charge >= 0.3 is 0 Å². The van der Waals surface area contributed by atoms with Gasteiger partial charge in [0.05, 0.1) is 19.1 Å². The van der Waals surface area contributed by atoms with Gasteiger partial charge in [-0.05, 0) is 75.6 Å². The number of nitrogens with zero attached hydrogens (tertiary/aromatic N) is 2. The summed E-state index contributed by atoms with van der Waals surface area (Å²) in [5, 5.41) is 2.83. The van der Waals surface area contributed by atoms with Gasteiger partial charge in [-0.3, -0.25) is 13.9 Å². The fraction of sp³-hybridized carbons (Fsp3) is 0.440. The van der Waals surface area contributed by atoms with Gasteiger partial charge in [-0.15, -0.1) is 0 Å². The number of benzene rings is 2. The quantitative estimate of drug-likeness (QED) is 0.554. The number of sulfonamides is 1. The predicted molar refractivity (Wildman–Crippen MR) is 134 cm³/mol. The lowest BCUT2D eigenvalue weighted by Gasteiger charge is -2.32. The molecular formula is C25H35N3O5S. The molecule has 2 aromatic carbocycles. The molecule has 0 aromatic heterocycles. The van der Waals surface area contributed by atoms with Gasteiger partial charge in [0, 0.05) is 12.6 Å². The number of amides is 2. The summed E-state index contributed by atoms with van der Waals surface area (Å²) in [6.07, 6.45) is 1.07. The van der Waals surface area contributed by atoms with Crippen LogP contribution < -0.4 is 14.4 Å². The van der Waals surface area contributed by atoms with E-state index < -0.39 is 28.5 Å². The van der Waals surface area contributed by atoms with Crippen LogP contribution in [0.2, 0.25) is 0 Å². The Balaban J connectivity index is 2.41. The highest BCUT2D eigenvalue weighted by Crippen LogP contribution is 2.22. The van der Waals surface area contributed by atoms with Gasteiger partial charge in [-0.2, -0.15) is 0 Å². The zero-order valence-electron chi connectivity index (χ0n) is 21.0. The molecule has 2 amide bonds. The molecular weight excluding hydrogens is 454 g/mol. The summed E-state index contributed by atoms with van der Waals surface area (Å²) < 4.78 is 31.6. The number of carbonyl (C=O) groups excluding carboxylic acids is 2. The van der Waals surface area contributed by atoms with Crippen LogP contribution in [0.1, 0.15) is 37.5 Å². The van der Waals surface area contributed by atoms with Crippen molar-refractivity contribution in [2.24, 2.45) is 0 Å². The Morgan fingerprint density at radius 3 is 2.03 bits per heavy atom. The summed E-state index contributed by atoms with van der Waals surface area (Å²) in [7, 11) is -2.19. The van der Waals surface area contributed by atoms with Gasteiger partial charge in [0.1, 0.15) is 18.3 Å². The Hall–Kier alpha value is -3.07. The van der Waals surface area contributed by atoms with Crippen molar-refractivity contribution in [3.63, 3.8) is 0 Å². The van der Waals surface area contributed by atoms with Crippen LogP contribution in [0.3, 0.4) is 0 Å². The van der Waals surface area contributed by atoms with Crippen molar-refractivity contribution in [3.8, 4) is 5.75 Å². The number of methoxy groups -OCH3 is 1. The van der Waals surface area contributed by atoms with Crippen molar-refractivity contribution in [2.45, 2.75) is 53.2 Å². The molecule has 0 heterocycles. The second-order valence-corrected chi connectivity index (χ2v) is 10.7. The molecule has 2 rings (SSSR count). The Bertz CT molecular complexity index is 1090. The zero-order valence-corrected chi connectivity index (χ0v) is 21.8. The van der Waals surface area contributed by atoms with Gasteiger partial charge in [0.15, 0.2) is 0 Å². The number of hydrogen-bond acceptors (Lipinski definition) is 5. The maximum absolute atomic E-state index is 13.5. The van der Waals surface area contributed by atoms with Crippen molar-refractivity contribution in [3.05, 3.63) is 59.2 Å². The van der Waals surface area contributed by atoms with Gasteiger partial charge < -0.3 is 15.0 Å². The van der Waals surface area contributed by atoms with E-state index in [4.69, 9.17) is 4.74 Å². The minimum atomic E-state index is -3.76. The minimum Gasteiger partial charge on any atom is -0.497 e. The lowest BCUT2D eigenvalue weighted by Crippen LogP contribution is -2.52. The SMILES string of the molecule is COc1ccc(CN(C(=O)CN(c2cc(C)cc(C)c2)S(C)(=O)=O)C(C)C(=O)NC(C)C)cc1. The van der Waals surface area contributed by atoms with Crippen molar-refractivity contribution >= 4 is 27.5 Å². The van der Waals surface area contributed by atoms with Crippen molar-refractivity contribution in [1.29, 1.82) is 0 Å². The molecule has 0 saturated carbocycles. The average molecular weight is 490 g/mol. The summed E-state index contributed by atoms with van der Waals surface area (Å²) >= 11 is 0. The van der Waals surface area contributed by atoms with E-state index in [0.29, 0.717) is 11.4 Å². The molecule has 0 aliphatic rings. The summed E-state index contributed by atoms with van der Waals surface area (Å²) in [5.41, 5.74) is 2.97. The van der Waals surface area contributed by atoms with Gasteiger partial charge in [0.2, 0.25) is 21.8 Å². The van der Waals surface area contributed by atoms with Crippen LogP contribution in [0, 0.1) is 13.8 Å². The third kappa shape index (κ3) is 7.48. The third-order valence-corrected chi connectivity index (χ3v) is 6.42. The second kappa shape index (κ2) is 11.4. The number of anilines is 1. The molecule has 34 heavy (non-hydrogen) atoms. The highest BCUT2D eigenvalue weighted by Gasteiger charge is 2.30. The molecule has 0 spiro atoms. The number of aryl methyl sites for hydroxylation is 2. The van der Waals surface area contributed by atoms with Gasteiger partial charge in [-0.1, -0.05) is 18.2 Å². The Kier molecular flexibility index (Phi) is 9.09. The lowest BCUT2D eigenvalue weighted by molar-refractivity contribution is -0.139. The molecule has 0 bridgehead atoms. The number of nitrogens with one attached hydrogen (secondary N) is 1. The smallest absolute Gasteiger partial charge is 0.244 e. The lowest BCUT2D eigenvalue weighted by atomic mass is 10.1.